The predicted octanol–water partition coefficient (Wildman–Crippen LogP) is 6.23. The Morgan fingerprint density at radius 3 is 1.33 bits per heavy atom. The van der Waals surface area contributed by atoms with Crippen molar-refractivity contribution >= 4 is 15.6 Å². The monoisotopic (exact) mass is 414 g/mol. The maximum atomic E-state index is 13.3. The molecule has 2 aromatic carbocycles. The minimum absolute atomic E-state index is 0.220. The molecule has 0 saturated carbocycles. The number of phosphoric acid groups is 2. The van der Waals surface area contributed by atoms with Crippen LogP contribution in [-0.2, 0) is 22.5 Å². The fourth-order valence-corrected chi connectivity index (χ4v) is 5.41. The van der Waals surface area contributed by atoms with E-state index in [1.54, 1.807) is 88.4 Å². The summed E-state index contributed by atoms with van der Waals surface area (Å²) in [5, 5.41) is 0. The Morgan fingerprint density at radius 1 is 0.630 bits per heavy atom. The number of benzene rings is 2. The van der Waals surface area contributed by atoms with Gasteiger partial charge in [0.2, 0.25) is 0 Å². The van der Waals surface area contributed by atoms with Crippen LogP contribution in [-0.4, -0.2) is 12.2 Å². The Morgan fingerprint density at radius 2 is 1.00 bits per heavy atom. The van der Waals surface area contributed by atoms with Gasteiger partial charge in [0.1, 0.15) is 11.5 Å². The first-order valence-corrected chi connectivity index (χ1v) is 11.4. The zero-order chi connectivity index (χ0) is 19.9. The first-order valence-electron chi connectivity index (χ1n) is 8.47. The number of phosphoric ester groups is 2. The molecule has 0 unspecified atom stereocenters. The molecule has 0 amide bonds. The fourth-order valence-electron chi connectivity index (χ4n) is 1.98. The van der Waals surface area contributed by atoms with Crippen LogP contribution in [0.5, 0.6) is 11.5 Å². The van der Waals surface area contributed by atoms with Crippen LogP contribution in [0.2, 0.25) is 0 Å². The molecule has 0 heterocycles. The standard InChI is InChI=1S/C18H24O7P2/c1-15(2)21-26(19,22-16(3)4)25-27(20,23-17-11-7-5-8-12-17)24-18-13-9-6-10-14-18/h5-16H,1-4H3. The SMILES string of the molecule is CC(C)OP(=O)(OC(C)C)OP(=O)(Oc1ccccc1)Oc1ccccc1. The van der Waals surface area contributed by atoms with Crippen LogP contribution in [0.4, 0.5) is 0 Å². The Balaban J connectivity index is 2.34. The Hall–Kier alpha value is -1.62. The van der Waals surface area contributed by atoms with Gasteiger partial charge in [-0.2, -0.15) is 4.31 Å². The van der Waals surface area contributed by atoms with E-state index in [2.05, 4.69) is 0 Å². The van der Waals surface area contributed by atoms with Gasteiger partial charge in [0.25, 0.3) is 0 Å². The molecule has 2 aromatic rings. The molecule has 0 saturated heterocycles. The van der Waals surface area contributed by atoms with Gasteiger partial charge >= 0.3 is 15.6 Å². The first kappa shape index (κ1) is 21.7. The summed E-state index contributed by atoms with van der Waals surface area (Å²) < 4.78 is 53.1. The average Bonchev–Trinajstić information content (AvgIpc) is 2.54. The quantitative estimate of drug-likeness (QED) is 0.427. The van der Waals surface area contributed by atoms with Crippen LogP contribution < -0.4 is 9.05 Å². The molecule has 0 radical (unpaired) electrons. The van der Waals surface area contributed by atoms with Crippen molar-refractivity contribution in [2.45, 2.75) is 39.9 Å². The largest absolute Gasteiger partial charge is 0.596 e. The second kappa shape index (κ2) is 9.54. The van der Waals surface area contributed by atoms with Crippen molar-refractivity contribution < 1.29 is 31.5 Å². The van der Waals surface area contributed by atoms with Crippen molar-refractivity contribution in [2.75, 3.05) is 0 Å². The topological polar surface area (TPSA) is 80.3 Å². The molecule has 0 N–H and O–H groups in total. The van der Waals surface area contributed by atoms with Crippen LogP contribution in [0.25, 0.3) is 0 Å². The highest BCUT2D eigenvalue weighted by molar-refractivity contribution is 7.62. The minimum Gasteiger partial charge on any atom is -0.395 e. The van der Waals surface area contributed by atoms with Gasteiger partial charge in [-0.25, -0.2) is 9.13 Å². The van der Waals surface area contributed by atoms with Crippen LogP contribution in [0.15, 0.2) is 60.7 Å². The molecular weight excluding hydrogens is 390 g/mol. The fraction of sp³-hybridized carbons (Fsp3) is 0.333. The van der Waals surface area contributed by atoms with Gasteiger partial charge in [0.15, 0.2) is 0 Å². The smallest absolute Gasteiger partial charge is 0.395 e. The van der Waals surface area contributed by atoms with Crippen molar-refractivity contribution in [3.63, 3.8) is 0 Å². The highest BCUT2D eigenvalue weighted by Gasteiger charge is 2.44. The van der Waals surface area contributed by atoms with E-state index in [4.69, 9.17) is 22.4 Å². The lowest BCUT2D eigenvalue weighted by Gasteiger charge is -2.25. The summed E-state index contributed by atoms with van der Waals surface area (Å²) in [5.41, 5.74) is 0. The van der Waals surface area contributed by atoms with E-state index < -0.39 is 27.9 Å². The van der Waals surface area contributed by atoms with Crippen molar-refractivity contribution in [3.05, 3.63) is 60.7 Å². The first-order chi connectivity index (χ1) is 12.7. The van der Waals surface area contributed by atoms with Crippen molar-refractivity contribution in [1.82, 2.24) is 0 Å². The molecule has 0 aliphatic carbocycles. The molecule has 0 atom stereocenters. The molecule has 0 bridgehead atoms. The van der Waals surface area contributed by atoms with E-state index in [-0.39, 0.29) is 11.5 Å². The van der Waals surface area contributed by atoms with Gasteiger partial charge < -0.3 is 9.05 Å². The summed E-state index contributed by atoms with van der Waals surface area (Å²) in [5.74, 6) is 0.440. The second-order valence-electron chi connectivity index (χ2n) is 6.09. The molecule has 0 aromatic heterocycles. The molecule has 0 aliphatic rings. The zero-order valence-corrected chi connectivity index (χ0v) is 17.5. The van der Waals surface area contributed by atoms with Gasteiger partial charge in [-0.05, 0) is 52.0 Å². The third-order valence-corrected chi connectivity index (χ3v) is 6.63. The highest BCUT2D eigenvalue weighted by atomic mass is 31.3. The number of hydrogen-bond acceptors (Lipinski definition) is 7. The summed E-state index contributed by atoms with van der Waals surface area (Å²) in [4.78, 5) is 0. The summed E-state index contributed by atoms with van der Waals surface area (Å²) in [7, 11) is -8.65. The van der Waals surface area contributed by atoms with E-state index in [1.165, 1.54) is 0 Å². The molecule has 9 heteroatoms. The zero-order valence-electron chi connectivity index (χ0n) is 15.7. The second-order valence-corrected chi connectivity index (χ2v) is 9.32. The Kier molecular flexibility index (Phi) is 7.66. The normalized spacial score (nSPS) is 12.4. The molecule has 7 nitrogen and oxygen atoms in total. The summed E-state index contributed by atoms with van der Waals surface area (Å²) in [6.07, 6.45) is -1.01. The van der Waals surface area contributed by atoms with E-state index in [0.29, 0.717) is 0 Å². The third-order valence-electron chi connectivity index (χ3n) is 2.80. The lowest BCUT2D eigenvalue weighted by Crippen LogP contribution is -2.12. The Bertz CT molecular complexity index is 734. The molecule has 0 aliphatic heterocycles. The van der Waals surface area contributed by atoms with Gasteiger partial charge in [0, 0.05) is 0 Å². The van der Waals surface area contributed by atoms with E-state index in [1.807, 2.05) is 0 Å². The van der Waals surface area contributed by atoms with E-state index in [0.717, 1.165) is 0 Å². The maximum Gasteiger partial charge on any atom is 0.596 e. The highest BCUT2D eigenvalue weighted by Crippen LogP contribution is 2.66. The van der Waals surface area contributed by atoms with Crippen LogP contribution in [0, 0.1) is 0 Å². The molecule has 27 heavy (non-hydrogen) atoms. The summed E-state index contributed by atoms with van der Waals surface area (Å²) >= 11 is 0. The predicted molar refractivity (Wildman–Crippen MR) is 103 cm³/mol. The molecule has 148 valence electrons. The molecular formula is C18H24O7P2. The minimum atomic E-state index is -4.41. The number of hydrogen-bond donors (Lipinski definition) is 0. The molecule has 2 rings (SSSR count). The van der Waals surface area contributed by atoms with Crippen LogP contribution in [0.1, 0.15) is 27.7 Å². The van der Waals surface area contributed by atoms with Gasteiger partial charge in [-0.15, -0.1) is 0 Å². The van der Waals surface area contributed by atoms with Crippen molar-refractivity contribution in [3.8, 4) is 11.5 Å². The number of para-hydroxylation sites is 2. The van der Waals surface area contributed by atoms with Crippen LogP contribution >= 0.6 is 15.6 Å². The van der Waals surface area contributed by atoms with Crippen molar-refractivity contribution in [2.24, 2.45) is 0 Å². The van der Waals surface area contributed by atoms with Gasteiger partial charge in [-0.3, -0.25) is 9.05 Å². The maximum absolute atomic E-state index is 13.3. The lowest BCUT2D eigenvalue weighted by molar-refractivity contribution is 0.0960. The van der Waals surface area contributed by atoms with E-state index >= 15 is 0 Å². The van der Waals surface area contributed by atoms with E-state index in [9.17, 15) is 9.13 Å². The lowest BCUT2D eigenvalue weighted by atomic mass is 10.3. The summed E-state index contributed by atoms with van der Waals surface area (Å²) in [6.45, 7) is 6.61. The van der Waals surface area contributed by atoms with Crippen molar-refractivity contribution in [1.29, 1.82) is 0 Å². The summed E-state index contributed by atoms with van der Waals surface area (Å²) in [6, 6.07) is 16.6. The molecule has 0 spiro atoms. The van der Waals surface area contributed by atoms with Gasteiger partial charge in [0.05, 0.1) is 12.2 Å². The molecule has 0 fully saturated rings. The number of rotatable bonds is 10. The van der Waals surface area contributed by atoms with Gasteiger partial charge in [-0.1, -0.05) is 36.4 Å². The van der Waals surface area contributed by atoms with Crippen LogP contribution in [0.3, 0.4) is 0 Å². The third kappa shape index (κ3) is 7.49. The average molecular weight is 414 g/mol. The Labute approximate surface area is 159 Å².